The average Bonchev–Trinajstić information content (AvgIpc) is 3.03. The summed E-state index contributed by atoms with van der Waals surface area (Å²) >= 11 is 0. The number of nitrogens with two attached hydrogens (primary N) is 1. The van der Waals surface area contributed by atoms with Gasteiger partial charge >= 0.3 is 0 Å². The lowest BCUT2D eigenvalue weighted by Crippen LogP contribution is -2.42. The van der Waals surface area contributed by atoms with E-state index in [9.17, 15) is 13.2 Å². The van der Waals surface area contributed by atoms with Gasteiger partial charge in [-0.1, -0.05) is 18.2 Å². The molecule has 1 aromatic carbocycles. The second kappa shape index (κ2) is 7.12. The van der Waals surface area contributed by atoms with E-state index in [4.69, 9.17) is 5.73 Å². The molecule has 4 rings (SSSR count). The Labute approximate surface area is 170 Å². The third-order valence-electron chi connectivity index (χ3n) is 5.75. The van der Waals surface area contributed by atoms with Crippen molar-refractivity contribution in [3.8, 4) is 0 Å². The van der Waals surface area contributed by atoms with Gasteiger partial charge in [-0.3, -0.25) is 4.79 Å². The van der Waals surface area contributed by atoms with Gasteiger partial charge in [-0.2, -0.15) is 26.8 Å². The molecule has 0 unspecified atom stereocenters. The van der Waals surface area contributed by atoms with Crippen LogP contribution in [0.2, 0.25) is 0 Å². The molecule has 1 aromatic heterocycles. The van der Waals surface area contributed by atoms with Gasteiger partial charge in [0.2, 0.25) is 0 Å². The predicted molar refractivity (Wildman–Crippen MR) is 111 cm³/mol. The van der Waals surface area contributed by atoms with E-state index >= 15 is 0 Å². The maximum atomic E-state index is 13.4. The van der Waals surface area contributed by atoms with E-state index in [0.29, 0.717) is 37.4 Å². The Balaban J connectivity index is 1.67. The first kappa shape index (κ1) is 19.9. The maximum absolute atomic E-state index is 13.4. The van der Waals surface area contributed by atoms with Crippen LogP contribution >= 0.6 is 0 Å². The Hall–Kier alpha value is -2.43. The zero-order valence-corrected chi connectivity index (χ0v) is 17.7. The zero-order chi connectivity index (χ0) is 20.9. The number of fused-ring (bicyclic) bond motifs is 2. The number of carbonyl (C=O) groups excluding carboxylic acids is 1. The third-order valence-corrected chi connectivity index (χ3v) is 7.64. The molecule has 0 spiro atoms. The van der Waals surface area contributed by atoms with Gasteiger partial charge in [0.15, 0.2) is 0 Å². The first-order chi connectivity index (χ1) is 13.7. The normalized spacial score (nSPS) is 19.5. The van der Waals surface area contributed by atoms with E-state index in [1.54, 1.807) is 0 Å². The number of rotatable bonds is 3. The number of nitrogen functional groups attached to an aromatic ring is 1. The first-order valence-electron chi connectivity index (χ1n) is 9.63. The lowest BCUT2D eigenvalue weighted by atomic mass is 9.88. The van der Waals surface area contributed by atoms with Gasteiger partial charge in [0, 0.05) is 38.4 Å². The molecule has 10 heteroatoms. The number of carbonyl (C=O) groups is 1. The van der Waals surface area contributed by atoms with Crippen molar-refractivity contribution in [2.24, 2.45) is 0 Å². The topological polar surface area (TPSA) is 114 Å². The highest BCUT2D eigenvalue weighted by Gasteiger charge is 2.35. The summed E-state index contributed by atoms with van der Waals surface area (Å²) in [4.78, 5) is 13.4. The fraction of sp³-hybridized carbons (Fsp3) is 0.474. The fourth-order valence-corrected chi connectivity index (χ4v) is 5.18. The smallest absolute Gasteiger partial charge is 0.281 e. The van der Waals surface area contributed by atoms with Crippen LogP contribution in [0.5, 0.6) is 0 Å². The van der Waals surface area contributed by atoms with Crippen LogP contribution in [0, 0.1) is 6.92 Å². The molecule has 2 aliphatic rings. The van der Waals surface area contributed by atoms with Crippen molar-refractivity contribution in [3.63, 3.8) is 0 Å². The number of aryl methyl sites for hydroxylation is 1. The summed E-state index contributed by atoms with van der Waals surface area (Å²) in [6.07, 6.45) is 1.09. The van der Waals surface area contributed by atoms with E-state index in [-0.39, 0.29) is 18.4 Å². The zero-order valence-electron chi connectivity index (χ0n) is 16.8. The highest BCUT2D eigenvalue weighted by atomic mass is 32.2. The van der Waals surface area contributed by atoms with Crippen molar-refractivity contribution in [2.75, 3.05) is 38.2 Å². The maximum Gasteiger partial charge on any atom is 0.281 e. The third kappa shape index (κ3) is 3.21. The molecule has 0 saturated heterocycles. The molecule has 3 heterocycles. The number of hydrogen-bond donors (Lipinski definition) is 2. The Kier molecular flexibility index (Phi) is 4.88. The van der Waals surface area contributed by atoms with E-state index in [2.05, 4.69) is 10.4 Å². The molecule has 9 nitrogen and oxygen atoms in total. The molecule has 0 bridgehead atoms. The van der Waals surface area contributed by atoms with Crippen LogP contribution in [0.25, 0.3) is 0 Å². The molecule has 29 heavy (non-hydrogen) atoms. The quantitative estimate of drug-likeness (QED) is 0.774. The van der Waals surface area contributed by atoms with Crippen LogP contribution in [-0.4, -0.2) is 59.9 Å². The SMILES string of the molecule is Cc1cccc2c1NCC[C@H]2C(=O)n1nc2c(c1N)CCN(S(=O)(=O)N(C)C)C2. The summed E-state index contributed by atoms with van der Waals surface area (Å²) in [5.41, 5.74) is 10.6. The molecule has 2 aliphatic heterocycles. The van der Waals surface area contributed by atoms with Crippen molar-refractivity contribution >= 4 is 27.6 Å². The summed E-state index contributed by atoms with van der Waals surface area (Å²) in [6, 6.07) is 5.92. The average molecular weight is 419 g/mol. The summed E-state index contributed by atoms with van der Waals surface area (Å²) in [7, 11) is -0.553. The van der Waals surface area contributed by atoms with Crippen LogP contribution in [-0.2, 0) is 23.2 Å². The molecule has 156 valence electrons. The van der Waals surface area contributed by atoms with Crippen molar-refractivity contribution in [1.82, 2.24) is 18.4 Å². The van der Waals surface area contributed by atoms with Crippen molar-refractivity contribution in [1.29, 1.82) is 0 Å². The van der Waals surface area contributed by atoms with Gasteiger partial charge in [-0.05, 0) is 30.9 Å². The van der Waals surface area contributed by atoms with Crippen molar-refractivity contribution < 1.29 is 13.2 Å². The van der Waals surface area contributed by atoms with Gasteiger partial charge in [-0.25, -0.2) is 0 Å². The van der Waals surface area contributed by atoms with Crippen LogP contribution in [0.4, 0.5) is 11.5 Å². The number of anilines is 2. The number of aromatic nitrogens is 2. The number of hydrogen-bond acceptors (Lipinski definition) is 6. The standard InChI is InChI=1S/C19H26N6O3S/c1-12-5-4-6-13-14(7-9-21-17(12)13)19(26)25-18(20)15-8-10-24(11-16(15)22-25)29(27,28)23(2)3/h4-6,14,21H,7-11,20H2,1-3H3/t14-/m1/s1. The number of para-hydroxylation sites is 1. The molecule has 1 atom stereocenters. The number of benzene rings is 1. The van der Waals surface area contributed by atoms with Gasteiger partial charge in [0.05, 0.1) is 18.2 Å². The number of nitrogens with zero attached hydrogens (tertiary/aromatic N) is 4. The Bertz CT molecular complexity index is 1080. The molecule has 0 fully saturated rings. The highest BCUT2D eigenvalue weighted by Crippen LogP contribution is 2.36. The Morgan fingerprint density at radius 1 is 1.34 bits per heavy atom. The monoisotopic (exact) mass is 418 g/mol. The van der Waals surface area contributed by atoms with Crippen molar-refractivity contribution in [2.45, 2.75) is 32.2 Å². The summed E-state index contributed by atoms with van der Waals surface area (Å²) < 4.78 is 28.7. The first-order valence-corrected chi connectivity index (χ1v) is 11.0. The van der Waals surface area contributed by atoms with Crippen LogP contribution in [0.15, 0.2) is 18.2 Å². The highest BCUT2D eigenvalue weighted by molar-refractivity contribution is 7.86. The van der Waals surface area contributed by atoms with Gasteiger partial charge in [0.25, 0.3) is 16.1 Å². The molecule has 0 aliphatic carbocycles. The van der Waals surface area contributed by atoms with E-state index in [1.165, 1.54) is 27.4 Å². The summed E-state index contributed by atoms with van der Waals surface area (Å²) in [5, 5.41) is 7.81. The van der Waals surface area contributed by atoms with Gasteiger partial charge in [0.1, 0.15) is 5.82 Å². The molecular formula is C19H26N6O3S. The lowest BCUT2D eigenvalue weighted by molar-refractivity contribution is 0.0859. The van der Waals surface area contributed by atoms with Gasteiger partial charge in [-0.15, -0.1) is 0 Å². The molecule has 2 aromatic rings. The van der Waals surface area contributed by atoms with Gasteiger partial charge < -0.3 is 11.1 Å². The van der Waals surface area contributed by atoms with E-state index in [0.717, 1.165) is 22.4 Å². The largest absolute Gasteiger partial charge is 0.385 e. The Morgan fingerprint density at radius 3 is 2.83 bits per heavy atom. The fourth-order valence-electron chi connectivity index (χ4n) is 4.11. The second-order valence-electron chi connectivity index (χ2n) is 7.74. The molecule has 0 amide bonds. The van der Waals surface area contributed by atoms with Crippen molar-refractivity contribution in [3.05, 3.63) is 40.6 Å². The van der Waals surface area contributed by atoms with Crippen LogP contribution < -0.4 is 11.1 Å². The molecule has 0 radical (unpaired) electrons. The summed E-state index contributed by atoms with van der Waals surface area (Å²) in [5.74, 6) is -0.191. The molecule has 0 saturated carbocycles. The predicted octanol–water partition coefficient (Wildman–Crippen LogP) is 1.18. The van der Waals surface area contributed by atoms with Crippen LogP contribution in [0.3, 0.4) is 0 Å². The summed E-state index contributed by atoms with van der Waals surface area (Å²) in [6.45, 7) is 3.14. The van der Waals surface area contributed by atoms with E-state index < -0.39 is 10.2 Å². The Morgan fingerprint density at radius 2 is 2.10 bits per heavy atom. The van der Waals surface area contributed by atoms with Crippen LogP contribution in [0.1, 0.15) is 39.5 Å². The molecule has 3 N–H and O–H groups in total. The lowest BCUT2D eigenvalue weighted by Gasteiger charge is -2.27. The second-order valence-corrected chi connectivity index (χ2v) is 9.88. The minimum absolute atomic E-state index is 0.113. The van der Waals surface area contributed by atoms with E-state index in [1.807, 2.05) is 25.1 Å². The minimum Gasteiger partial charge on any atom is -0.385 e. The number of nitrogens with one attached hydrogen (secondary N) is 1. The molecular weight excluding hydrogens is 392 g/mol. The minimum atomic E-state index is -3.55.